The van der Waals surface area contributed by atoms with E-state index in [1.54, 1.807) is 12.4 Å². The van der Waals surface area contributed by atoms with E-state index >= 15 is 0 Å². The maximum Gasteiger partial charge on any atom is 0.237 e. The van der Waals surface area contributed by atoms with Crippen molar-refractivity contribution in [3.8, 4) is 0 Å². The number of nitrogens with zero attached hydrogens (tertiary/aromatic N) is 3. The zero-order valence-electron chi connectivity index (χ0n) is 15.9. The maximum absolute atomic E-state index is 13.0. The second-order valence-electron chi connectivity index (χ2n) is 7.84. The molecule has 2 amide bonds. The molecule has 1 saturated carbocycles. The molecule has 2 heterocycles. The maximum atomic E-state index is 13.0. The quantitative estimate of drug-likeness (QED) is 0.770. The predicted octanol–water partition coefficient (Wildman–Crippen LogP) is 1.81. The van der Waals surface area contributed by atoms with Crippen molar-refractivity contribution >= 4 is 11.8 Å². The zero-order valence-corrected chi connectivity index (χ0v) is 15.9. The number of carbonyl (C=O) groups excluding carboxylic acids is 2. The summed E-state index contributed by atoms with van der Waals surface area (Å²) in [7, 11) is 0. The number of carbonyl (C=O) groups is 2. The van der Waals surface area contributed by atoms with Crippen LogP contribution in [-0.2, 0) is 16.1 Å². The number of pyridine rings is 1. The fourth-order valence-electron chi connectivity index (χ4n) is 3.45. The average molecular weight is 358 g/mol. The molecule has 2 fully saturated rings. The molecular weight excluding hydrogens is 328 g/mol. The van der Waals surface area contributed by atoms with Gasteiger partial charge in [-0.15, -0.1) is 0 Å². The Kier molecular flexibility index (Phi) is 6.25. The summed E-state index contributed by atoms with van der Waals surface area (Å²) in [4.78, 5) is 33.6. The lowest BCUT2D eigenvalue weighted by molar-refractivity contribution is -0.139. The summed E-state index contributed by atoms with van der Waals surface area (Å²) in [5.41, 5.74) is 1.09. The molecule has 0 radical (unpaired) electrons. The van der Waals surface area contributed by atoms with Crippen LogP contribution in [0.25, 0.3) is 0 Å². The monoisotopic (exact) mass is 358 g/mol. The van der Waals surface area contributed by atoms with Gasteiger partial charge in [-0.2, -0.15) is 0 Å². The van der Waals surface area contributed by atoms with E-state index in [0.717, 1.165) is 37.9 Å². The molecule has 0 unspecified atom stereocenters. The number of aromatic nitrogens is 1. The van der Waals surface area contributed by atoms with Crippen LogP contribution < -0.4 is 5.32 Å². The summed E-state index contributed by atoms with van der Waals surface area (Å²) >= 11 is 0. The van der Waals surface area contributed by atoms with Gasteiger partial charge >= 0.3 is 0 Å². The van der Waals surface area contributed by atoms with Gasteiger partial charge in [0.05, 0.1) is 12.5 Å². The Hall–Kier alpha value is -1.95. The van der Waals surface area contributed by atoms with Crippen molar-refractivity contribution in [3.05, 3.63) is 30.1 Å². The van der Waals surface area contributed by atoms with Gasteiger partial charge in [0.25, 0.3) is 0 Å². The highest BCUT2D eigenvalue weighted by atomic mass is 16.2. The van der Waals surface area contributed by atoms with E-state index in [2.05, 4.69) is 29.0 Å². The Balaban J connectivity index is 1.65. The highest BCUT2D eigenvalue weighted by Gasteiger charge is 2.37. The molecule has 6 heteroatoms. The van der Waals surface area contributed by atoms with Gasteiger partial charge in [-0.05, 0) is 49.4 Å². The Morgan fingerprint density at radius 3 is 2.73 bits per heavy atom. The minimum absolute atomic E-state index is 0.00647. The Morgan fingerprint density at radius 1 is 1.35 bits per heavy atom. The molecule has 2 aliphatic rings. The number of rotatable bonds is 8. The molecule has 1 atom stereocenters. The molecule has 142 valence electrons. The molecule has 26 heavy (non-hydrogen) atoms. The normalized spacial score (nSPS) is 20.9. The van der Waals surface area contributed by atoms with Gasteiger partial charge in [-0.25, -0.2) is 0 Å². The smallest absolute Gasteiger partial charge is 0.237 e. The minimum atomic E-state index is -0.339. The Morgan fingerprint density at radius 2 is 2.08 bits per heavy atom. The van der Waals surface area contributed by atoms with Crippen LogP contribution in [0.2, 0.25) is 0 Å². The third-order valence-electron chi connectivity index (χ3n) is 5.21. The van der Waals surface area contributed by atoms with E-state index in [1.807, 2.05) is 17.0 Å². The molecule has 0 aromatic carbocycles. The third-order valence-corrected chi connectivity index (χ3v) is 5.21. The predicted molar refractivity (Wildman–Crippen MR) is 100 cm³/mol. The van der Waals surface area contributed by atoms with Crippen molar-refractivity contribution in [1.29, 1.82) is 0 Å². The fourth-order valence-corrected chi connectivity index (χ4v) is 3.45. The van der Waals surface area contributed by atoms with Crippen LogP contribution in [-0.4, -0.2) is 58.3 Å². The largest absolute Gasteiger partial charge is 0.353 e. The molecule has 3 rings (SSSR count). The summed E-state index contributed by atoms with van der Waals surface area (Å²) in [5, 5.41) is 2.93. The summed E-state index contributed by atoms with van der Waals surface area (Å²) in [6, 6.07) is 3.88. The number of hydrogen-bond acceptors (Lipinski definition) is 4. The van der Waals surface area contributed by atoms with Gasteiger partial charge in [0, 0.05) is 38.1 Å². The van der Waals surface area contributed by atoms with Gasteiger partial charge in [0.15, 0.2) is 0 Å². The summed E-state index contributed by atoms with van der Waals surface area (Å²) < 4.78 is 0. The summed E-state index contributed by atoms with van der Waals surface area (Å²) in [6.45, 7) is 7.35. The van der Waals surface area contributed by atoms with Gasteiger partial charge < -0.3 is 10.2 Å². The molecule has 1 aliphatic heterocycles. The lowest BCUT2D eigenvalue weighted by Crippen LogP contribution is -2.57. The third kappa shape index (κ3) is 5.04. The number of piperazine rings is 1. The van der Waals surface area contributed by atoms with Gasteiger partial charge in [-0.1, -0.05) is 13.8 Å². The molecule has 1 aliphatic carbocycles. The topological polar surface area (TPSA) is 65.5 Å². The highest BCUT2D eigenvalue weighted by molar-refractivity contribution is 5.89. The molecule has 0 bridgehead atoms. The minimum Gasteiger partial charge on any atom is -0.353 e. The van der Waals surface area contributed by atoms with E-state index in [-0.39, 0.29) is 24.3 Å². The lowest BCUT2D eigenvalue weighted by Gasteiger charge is -2.36. The average Bonchev–Trinajstić information content (AvgIpc) is 3.46. The Labute approximate surface area is 156 Å². The first-order chi connectivity index (χ1) is 12.5. The molecule has 0 spiro atoms. The first kappa shape index (κ1) is 18.8. The van der Waals surface area contributed by atoms with E-state index in [9.17, 15) is 9.59 Å². The first-order valence-corrected chi connectivity index (χ1v) is 9.74. The van der Waals surface area contributed by atoms with Crippen LogP contribution in [0.4, 0.5) is 0 Å². The van der Waals surface area contributed by atoms with Crippen LogP contribution in [0, 0.1) is 5.92 Å². The Bertz CT molecular complexity index is 615. The van der Waals surface area contributed by atoms with E-state index in [0.29, 0.717) is 25.0 Å². The van der Waals surface area contributed by atoms with Crippen LogP contribution in [0.3, 0.4) is 0 Å². The molecule has 1 N–H and O–H groups in total. The fraction of sp³-hybridized carbons (Fsp3) is 0.650. The van der Waals surface area contributed by atoms with Crippen LogP contribution in [0.5, 0.6) is 0 Å². The van der Waals surface area contributed by atoms with Gasteiger partial charge in [-0.3, -0.25) is 19.5 Å². The molecular formula is C20H30N4O2. The van der Waals surface area contributed by atoms with E-state index in [4.69, 9.17) is 0 Å². The lowest BCUT2D eigenvalue weighted by atomic mass is 10.0. The standard InChI is InChI=1S/C20H30N4O2/c1-15(2)7-11-23-12-10-22-20(26)18(23)13-19(25)24(17-3-4-17)14-16-5-8-21-9-6-16/h5-6,8-9,15,17-18H,3-4,7,10-14H2,1-2H3,(H,22,26)/t18-/m0/s1. The van der Waals surface area contributed by atoms with Crippen molar-refractivity contribution in [3.63, 3.8) is 0 Å². The molecule has 1 aromatic heterocycles. The second kappa shape index (κ2) is 8.62. The van der Waals surface area contributed by atoms with Crippen molar-refractivity contribution in [1.82, 2.24) is 20.1 Å². The van der Waals surface area contributed by atoms with Crippen molar-refractivity contribution in [2.45, 2.75) is 58.2 Å². The number of amides is 2. The van der Waals surface area contributed by atoms with Gasteiger partial charge in [0.1, 0.15) is 0 Å². The summed E-state index contributed by atoms with van der Waals surface area (Å²) in [5.74, 6) is 0.667. The van der Waals surface area contributed by atoms with Crippen molar-refractivity contribution in [2.75, 3.05) is 19.6 Å². The molecule has 6 nitrogen and oxygen atoms in total. The van der Waals surface area contributed by atoms with Crippen LogP contribution >= 0.6 is 0 Å². The molecule has 1 saturated heterocycles. The number of hydrogen-bond donors (Lipinski definition) is 1. The second-order valence-corrected chi connectivity index (χ2v) is 7.84. The van der Waals surface area contributed by atoms with Crippen LogP contribution in [0.1, 0.15) is 45.1 Å². The number of nitrogens with one attached hydrogen (secondary N) is 1. The van der Waals surface area contributed by atoms with E-state index in [1.165, 1.54) is 0 Å². The van der Waals surface area contributed by atoms with Gasteiger partial charge in [0.2, 0.25) is 11.8 Å². The first-order valence-electron chi connectivity index (χ1n) is 9.74. The molecule has 1 aromatic rings. The van der Waals surface area contributed by atoms with E-state index < -0.39 is 0 Å². The van der Waals surface area contributed by atoms with Crippen molar-refractivity contribution in [2.24, 2.45) is 5.92 Å². The van der Waals surface area contributed by atoms with Crippen LogP contribution in [0.15, 0.2) is 24.5 Å². The highest BCUT2D eigenvalue weighted by Crippen LogP contribution is 2.29. The summed E-state index contributed by atoms with van der Waals surface area (Å²) in [6.07, 6.45) is 6.95. The van der Waals surface area contributed by atoms with Crippen molar-refractivity contribution < 1.29 is 9.59 Å². The SMILES string of the molecule is CC(C)CCN1CCNC(=O)[C@@H]1CC(=O)N(Cc1ccncc1)C1CC1. The zero-order chi connectivity index (χ0) is 18.5.